The third-order valence-corrected chi connectivity index (χ3v) is 4.33. The Labute approximate surface area is 117 Å². The highest BCUT2D eigenvalue weighted by molar-refractivity contribution is 5.87. The van der Waals surface area contributed by atoms with Gasteiger partial charge in [-0.25, -0.2) is 4.79 Å². The van der Waals surface area contributed by atoms with Crippen LogP contribution in [-0.2, 0) is 11.0 Å². The smallest absolute Gasteiger partial charge is 0.335 e. The molecule has 1 saturated heterocycles. The van der Waals surface area contributed by atoms with E-state index in [0.29, 0.717) is 5.06 Å². The molecule has 1 aromatic rings. The highest BCUT2D eigenvalue weighted by Crippen LogP contribution is 2.44. The summed E-state index contributed by atoms with van der Waals surface area (Å²) >= 11 is 0. The second-order valence-corrected chi connectivity index (χ2v) is 6.13. The Kier molecular flexibility index (Phi) is 3.18. The molecule has 0 aromatic heterocycles. The molecule has 6 heteroatoms. The second kappa shape index (κ2) is 4.26. The minimum Gasteiger partial charge on any atom is -0.781 e. The van der Waals surface area contributed by atoms with Gasteiger partial charge in [0.15, 0.2) is 0 Å². The van der Waals surface area contributed by atoms with Crippen molar-refractivity contribution in [1.82, 2.24) is 10.4 Å². The van der Waals surface area contributed by atoms with E-state index in [1.165, 1.54) is 24.3 Å². The Morgan fingerprint density at radius 3 is 2.05 bits per heavy atom. The van der Waals surface area contributed by atoms with Gasteiger partial charge < -0.3 is 15.4 Å². The van der Waals surface area contributed by atoms with E-state index < -0.39 is 22.9 Å². The molecule has 2 N–H and O–H groups in total. The first kappa shape index (κ1) is 14.9. The first-order valence-electron chi connectivity index (χ1n) is 6.33. The predicted octanol–water partition coefficient (Wildman–Crippen LogP) is 1.89. The number of carboxylic acids is 1. The summed E-state index contributed by atoms with van der Waals surface area (Å²) in [5.74, 6) is -3.19. The van der Waals surface area contributed by atoms with Crippen LogP contribution >= 0.6 is 0 Å². The number of hydrogen-bond donors (Lipinski definition) is 2. The molecule has 109 valence electrons. The Bertz CT molecular complexity index is 539. The standard InChI is InChI=1S/C14H18N2O4/c1-12(2)13(3,4)16(20)14(19,15-12)10-7-5-9(6-8-10)11(17)18/h5-8,15H,1-4H3,(H,17,18)/q-1. The molecule has 0 bridgehead atoms. The van der Waals surface area contributed by atoms with E-state index in [-0.39, 0.29) is 11.1 Å². The number of carbonyl (C=O) groups is 1. The minimum absolute atomic E-state index is 0.0753. The molecule has 1 aliphatic heterocycles. The maximum atomic E-state index is 12.9. The van der Waals surface area contributed by atoms with Crippen molar-refractivity contribution in [2.75, 3.05) is 0 Å². The first-order chi connectivity index (χ1) is 9.02. The largest absolute Gasteiger partial charge is 0.781 e. The van der Waals surface area contributed by atoms with Crippen molar-refractivity contribution in [2.24, 2.45) is 0 Å². The number of nitrogens with zero attached hydrogens (tertiary/aromatic N) is 1. The third-order valence-electron chi connectivity index (χ3n) is 4.33. The van der Waals surface area contributed by atoms with Gasteiger partial charge in [-0.1, -0.05) is 12.1 Å². The van der Waals surface area contributed by atoms with Gasteiger partial charge in [0.25, 0.3) is 0 Å². The van der Waals surface area contributed by atoms with Gasteiger partial charge in [0.2, 0.25) is 5.85 Å². The zero-order valence-corrected chi connectivity index (χ0v) is 11.9. The highest BCUT2D eigenvalue weighted by atomic mass is 16.6. The number of rotatable bonds is 2. The van der Waals surface area contributed by atoms with Crippen molar-refractivity contribution in [3.8, 4) is 0 Å². The van der Waals surface area contributed by atoms with E-state index in [1.807, 2.05) is 0 Å². The van der Waals surface area contributed by atoms with Crippen LogP contribution in [-0.4, -0.2) is 27.2 Å². The summed E-state index contributed by atoms with van der Waals surface area (Å²) in [6.45, 7) is 7.00. The molecule has 1 aliphatic rings. The van der Waals surface area contributed by atoms with E-state index in [2.05, 4.69) is 5.32 Å². The molecule has 1 radical (unpaired) electrons. The number of benzene rings is 1. The SMILES string of the molecule is CC1(C)NC([O])(c2ccc(C(=O)O)cc2)N([O-])C1(C)C. The van der Waals surface area contributed by atoms with Crippen LogP contribution in [0.3, 0.4) is 0 Å². The molecule has 20 heavy (non-hydrogen) atoms. The van der Waals surface area contributed by atoms with Gasteiger partial charge in [-0.2, -0.15) is 5.11 Å². The molecule has 2 rings (SSSR count). The Hall–Kier alpha value is -1.47. The fourth-order valence-electron chi connectivity index (χ4n) is 2.30. The van der Waals surface area contributed by atoms with Crippen LogP contribution in [0.2, 0.25) is 0 Å². The van der Waals surface area contributed by atoms with E-state index >= 15 is 0 Å². The average molecular weight is 278 g/mol. The molecule has 1 heterocycles. The topological polar surface area (TPSA) is 95.5 Å². The summed E-state index contributed by atoms with van der Waals surface area (Å²) < 4.78 is 0. The lowest BCUT2D eigenvalue weighted by Crippen LogP contribution is -2.51. The lowest BCUT2D eigenvalue weighted by molar-refractivity contribution is -0.154. The molecular weight excluding hydrogens is 260 g/mol. The monoisotopic (exact) mass is 278 g/mol. The van der Waals surface area contributed by atoms with E-state index in [1.54, 1.807) is 27.7 Å². The van der Waals surface area contributed by atoms with Crippen molar-refractivity contribution in [3.05, 3.63) is 40.6 Å². The van der Waals surface area contributed by atoms with Crippen LogP contribution in [0, 0.1) is 5.21 Å². The highest BCUT2D eigenvalue weighted by Gasteiger charge is 2.56. The maximum Gasteiger partial charge on any atom is 0.335 e. The number of aromatic carboxylic acids is 1. The maximum absolute atomic E-state index is 12.9. The van der Waals surface area contributed by atoms with Gasteiger partial charge in [0.05, 0.1) is 5.56 Å². The first-order valence-corrected chi connectivity index (χ1v) is 6.33. The van der Waals surface area contributed by atoms with E-state index in [9.17, 15) is 15.1 Å². The molecule has 1 aromatic carbocycles. The summed E-state index contributed by atoms with van der Waals surface area (Å²) in [6.07, 6.45) is 0. The summed E-state index contributed by atoms with van der Waals surface area (Å²) in [6, 6.07) is 5.41. The van der Waals surface area contributed by atoms with Crippen LogP contribution < -0.4 is 5.32 Å². The van der Waals surface area contributed by atoms with Gasteiger partial charge in [-0.15, -0.1) is 0 Å². The number of nitrogens with one attached hydrogen (secondary N) is 1. The molecule has 1 unspecified atom stereocenters. The second-order valence-electron chi connectivity index (χ2n) is 6.13. The summed E-state index contributed by atoms with van der Waals surface area (Å²) in [7, 11) is 0. The normalized spacial score (nSPS) is 28.5. The minimum atomic E-state index is -2.12. The predicted molar refractivity (Wildman–Crippen MR) is 72.3 cm³/mol. The van der Waals surface area contributed by atoms with Crippen molar-refractivity contribution >= 4 is 5.97 Å². The van der Waals surface area contributed by atoms with Crippen LogP contribution in [0.15, 0.2) is 24.3 Å². The molecule has 1 fully saturated rings. The van der Waals surface area contributed by atoms with Crippen molar-refractivity contribution in [1.29, 1.82) is 0 Å². The molecule has 0 aliphatic carbocycles. The Morgan fingerprint density at radius 2 is 1.70 bits per heavy atom. The number of hydroxylamine groups is 2. The molecule has 1 atom stereocenters. The summed E-state index contributed by atoms with van der Waals surface area (Å²) in [5.41, 5.74) is -1.29. The van der Waals surface area contributed by atoms with Gasteiger partial charge >= 0.3 is 5.97 Å². The van der Waals surface area contributed by atoms with Gasteiger partial charge in [0, 0.05) is 16.6 Å². The van der Waals surface area contributed by atoms with E-state index in [4.69, 9.17) is 5.11 Å². The molecule has 0 amide bonds. The van der Waals surface area contributed by atoms with Crippen LogP contribution in [0.5, 0.6) is 0 Å². The Morgan fingerprint density at radius 1 is 1.20 bits per heavy atom. The quantitative estimate of drug-likeness (QED) is 0.861. The van der Waals surface area contributed by atoms with Crippen LogP contribution in [0.1, 0.15) is 43.6 Å². The lowest BCUT2D eigenvalue weighted by Gasteiger charge is -2.46. The van der Waals surface area contributed by atoms with Gasteiger partial charge in [0.1, 0.15) is 0 Å². The number of carboxylic acid groups (broad SMARTS) is 1. The zero-order chi connectivity index (χ0) is 15.3. The summed E-state index contributed by atoms with van der Waals surface area (Å²) in [5, 5.41) is 37.5. The van der Waals surface area contributed by atoms with Gasteiger partial charge in [-0.05, 0) is 39.8 Å². The third kappa shape index (κ3) is 1.92. The zero-order valence-electron chi connectivity index (χ0n) is 11.9. The molecular formula is C14H18N2O4-. The summed E-state index contributed by atoms with van der Waals surface area (Å²) in [4.78, 5) is 10.8. The average Bonchev–Trinajstić information content (AvgIpc) is 2.48. The van der Waals surface area contributed by atoms with Gasteiger partial charge in [-0.3, -0.25) is 5.32 Å². The lowest BCUT2D eigenvalue weighted by atomic mass is 9.84. The van der Waals surface area contributed by atoms with Crippen molar-refractivity contribution in [3.63, 3.8) is 0 Å². The molecule has 6 nitrogen and oxygen atoms in total. The Balaban J connectivity index is 2.44. The van der Waals surface area contributed by atoms with E-state index in [0.717, 1.165) is 0 Å². The number of hydrogen-bond acceptors (Lipinski definition) is 4. The fourth-order valence-corrected chi connectivity index (χ4v) is 2.30. The van der Waals surface area contributed by atoms with Crippen molar-refractivity contribution < 1.29 is 15.0 Å². The molecule has 0 saturated carbocycles. The van der Waals surface area contributed by atoms with Crippen LogP contribution in [0.4, 0.5) is 0 Å². The fraction of sp³-hybridized carbons (Fsp3) is 0.500. The molecule has 0 spiro atoms. The van der Waals surface area contributed by atoms with Crippen LogP contribution in [0.25, 0.3) is 0 Å². The van der Waals surface area contributed by atoms with Crippen molar-refractivity contribution in [2.45, 2.75) is 44.6 Å².